The fourth-order valence-electron chi connectivity index (χ4n) is 8.33. The second kappa shape index (κ2) is 14.5. The van der Waals surface area contributed by atoms with E-state index in [0.717, 1.165) is 51.3 Å². The van der Waals surface area contributed by atoms with Gasteiger partial charge in [-0.1, -0.05) is 152 Å². The number of benzene rings is 6. The SMILES string of the molecule is CC1(c2ccc(-c3cc(-c4ccc(-c5ccccn5)cc4)nc(-c4cc(-c5cccc6ccccc56)cc(C5CC=Cc6ccccc65)c4)n3)cc2)C=CC=CN1. The van der Waals surface area contributed by atoms with E-state index in [4.69, 9.17) is 9.97 Å². The molecule has 4 heteroatoms. The summed E-state index contributed by atoms with van der Waals surface area (Å²) in [5, 5.41) is 5.96. The number of rotatable bonds is 7. The number of aromatic nitrogens is 3. The first kappa shape index (κ1) is 34.3. The van der Waals surface area contributed by atoms with Gasteiger partial charge >= 0.3 is 0 Å². The third-order valence-electron chi connectivity index (χ3n) is 11.4. The average Bonchev–Trinajstić information content (AvgIpc) is 3.29. The Morgan fingerprint density at radius 3 is 2.07 bits per heavy atom. The Morgan fingerprint density at radius 1 is 0.596 bits per heavy atom. The second-order valence-corrected chi connectivity index (χ2v) is 15.1. The molecule has 0 saturated carbocycles. The molecule has 2 unspecified atom stereocenters. The monoisotopic (exact) mass is 732 g/mol. The molecule has 272 valence electrons. The molecular weight excluding hydrogens is 693 g/mol. The highest BCUT2D eigenvalue weighted by Gasteiger charge is 2.24. The number of fused-ring (bicyclic) bond motifs is 2. The molecule has 1 N–H and O–H groups in total. The van der Waals surface area contributed by atoms with Gasteiger partial charge in [-0.05, 0) is 100 Å². The minimum absolute atomic E-state index is 0.202. The van der Waals surface area contributed by atoms with E-state index in [-0.39, 0.29) is 11.5 Å². The third-order valence-corrected chi connectivity index (χ3v) is 11.4. The smallest absolute Gasteiger partial charge is 0.160 e. The Hall–Kier alpha value is -7.17. The summed E-state index contributed by atoms with van der Waals surface area (Å²) in [6.45, 7) is 2.19. The predicted octanol–water partition coefficient (Wildman–Crippen LogP) is 12.8. The minimum Gasteiger partial charge on any atom is -0.378 e. The van der Waals surface area contributed by atoms with E-state index in [9.17, 15) is 0 Å². The van der Waals surface area contributed by atoms with Crippen molar-refractivity contribution in [2.24, 2.45) is 0 Å². The van der Waals surface area contributed by atoms with E-state index in [1.165, 1.54) is 38.6 Å². The molecule has 0 fully saturated rings. The van der Waals surface area contributed by atoms with Gasteiger partial charge in [0.1, 0.15) is 0 Å². The number of hydrogen-bond acceptors (Lipinski definition) is 4. The summed E-state index contributed by atoms with van der Waals surface area (Å²) in [6, 6.07) is 56.4. The maximum atomic E-state index is 5.38. The maximum Gasteiger partial charge on any atom is 0.160 e. The van der Waals surface area contributed by atoms with Crippen molar-refractivity contribution < 1.29 is 0 Å². The Bertz CT molecular complexity index is 2850. The lowest BCUT2D eigenvalue weighted by atomic mass is 9.80. The van der Waals surface area contributed by atoms with Crippen LogP contribution in [0.3, 0.4) is 0 Å². The van der Waals surface area contributed by atoms with Crippen molar-refractivity contribution in [3.05, 3.63) is 217 Å². The molecule has 10 rings (SSSR count). The lowest BCUT2D eigenvalue weighted by Gasteiger charge is -2.29. The summed E-state index contributed by atoms with van der Waals surface area (Å²) in [5.74, 6) is 0.894. The lowest BCUT2D eigenvalue weighted by Crippen LogP contribution is -2.35. The minimum atomic E-state index is -0.282. The molecule has 1 aliphatic heterocycles. The van der Waals surface area contributed by atoms with Gasteiger partial charge in [0, 0.05) is 34.4 Å². The van der Waals surface area contributed by atoms with Gasteiger partial charge in [-0.15, -0.1) is 0 Å². The largest absolute Gasteiger partial charge is 0.378 e. The number of nitrogens with zero attached hydrogens (tertiary/aromatic N) is 3. The van der Waals surface area contributed by atoms with Crippen molar-refractivity contribution in [1.82, 2.24) is 20.3 Å². The van der Waals surface area contributed by atoms with Crippen molar-refractivity contribution in [2.75, 3.05) is 0 Å². The van der Waals surface area contributed by atoms with E-state index in [0.29, 0.717) is 5.82 Å². The van der Waals surface area contributed by atoms with Gasteiger partial charge in [0.25, 0.3) is 0 Å². The van der Waals surface area contributed by atoms with Crippen LogP contribution in [-0.4, -0.2) is 15.0 Å². The third kappa shape index (κ3) is 6.66. The molecule has 57 heavy (non-hydrogen) atoms. The lowest BCUT2D eigenvalue weighted by molar-refractivity contribution is 0.524. The Labute approximate surface area is 333 Å². The molecule has 0 saturated heterocycles. The average molecular weight is 733 g/mol. The fraction of sp³-hybridized carbons (Fsp3) is 0.0755. The predicted molar refractivity (Wildman–Crippen MR) is 235 cm³/mol. The van der Waals surface area contributed by atoms with Crippen molar-refractivity contribution in [3.63, 3.8) is 0 Å². The highest BCUT2D eigenvalue weighted by molar-refractivity contribution is 5.97. The number of pyridine rings is 1. The summed E-state index contributed by atoms with van der Waals surface area (Å²) in [4.78, 5) is 15.3. The zero-order valence-electron chi connectivity index (χ0n) is 31.7. The summed E-state index contributed by atoms with van der Waals surface area (Å²) in [5.41, 5.74) is 13.9. The molecule has 1 aliphatic carbocycles. The number of dihydropyridines is 1. The molecule has 0 bridgehead atoms. The van der Waals surface area contributed by atoms with Crippen molar-refractivity contribution >= 4 is 16.8 Å². The fourth-order valence-corrected chi connectivity index (χ4v) is 8.33. The zero-order valence-corrected chi connectivity index (χ0v) is 31.7. The zero-order chi connectivity index (χ0) is 38.2. The molecule has 8 aromatic rings. The van der Waals surface area contributed by atoms with Gasteiger partial charge in [0.05, 0.1) is 22.6 Å². The van der Waals surface area contributed by atoms with Crippen LogP contribution in [0.1, 0.15) is 41.5 Å². The molecule has 0 amide bonds. The van der Waals surface area contributed by atoms with Gasteiger partial charge in [-0.25, -0.2) is 9.97 Å². The van der Waals surface area contributed by atoms with Crippen LogP contribution < -0.4 is 5.32 Å². The quantitative estimate of drug-likeness (QED) is 0.177. The first-order valence-corrected chi connectivity index (χ1v) is 19.6. The highest BCUT2D eigenvalue weighted by atomic mass is 14.9. The van der Waals surface area contributed by atoms with Crippen LogP contribution in [0, 0.1) is 0 Å². The molecule has 2 aliphatic rings. The Kier molecular flexibility index (Phi) is 8.72. The van der Waals surface area contributed by atoms with E-state index >= 15 is 0 Å². The molecule has 0 radical (unpaired) electrons. The molecule has 0 spiro atoms. The van der Waals surface area contributed by atoms with Crippen LogP contribution in [-0.2, 0) is 5.54 Å². The molecule has 3 heterocycles. The Morgan fingerprint density at radius 2 is 1.30 bits per heavy atom. The van der Waals surface area contributed by atoms with Crippen LogP contribution in [0.25, 0.3) is 73.1 Å². The van der Waals surface area contributed by atoms with Crippen LogP contribution in [0.4, 0.5) is 0 Å². The Balaban J connectivity index is 1.15. The van der Waals surface area contributed by atoms with E-state index < -0.39 is 0 Å². The van der Waals surface area contributed by atoms with Gasteiger partial charge in [-0.2, -0.15) is 0 Å². The summed E-state index contributed by atoms with van der Waals surface area (Å²) in [7, 11) is 0. The summed E-state index contributed by atoms with van der Waals surface area (Å²) in [6.07, 6.45) is 15.6. The van der Waals surface area contributed by atoms with E-state index in [1.54, 1.807) is 0 Å². The summed E-state index contributed by atoms with van der Waals surface area (Å²) < 4.78 is 0. The van der Waals surface area contributed by atoms with Crippen LogP contribution in [0.5, 0.6) is 0 Å². The number of hydrogen-bond donors (Lipinski definition) is 1. The van der Waals surface area contributed by atoms with E-state index in [1.807, 2.05) is 36.7 Å². The van der Waals surface area contributed by atoms with Gasteiger partial charge in [0.2, 0.25) is 0 Å². The van der Waals surface area contributed by atoms with Crippen LogP contribution >= 0.6 is 0 Å². The molecule has 6 aromatic carbocycles. The standard InChI is InChI=1S/C53H40N4/c1-53(29-7-9-31-55-53)44-27-25-40(26-28-44)51-35-50(39-23-21-38(22-24-39)49-20-6-8-30-54-49)56-52(57-51)43-33-41(47-18-10-14-36-12-2-4-16-45(36)47)32-42(34-43)48-19-11-15-37-13-3-5-17-46(37)48/h2-18,20-35,48,55H,19H2,1H3. The van der Waals surface area contributed by atoms with Gasteiger partial charge in [-0.3, -0.25) is 4.98 Å². The molecule has 2 atom stereocenters. The van der Waals surface area contributed by atoms with Crippen molar-refractivity contribution in [2.45, 2.75) is 24.8 Å². The maximum absolute atomic E-state index is 5.38. The van der Waals surface area contributed by atoms with E-state index in [2.05, 4.69) is 181 Å². The van der Waals surface area contributed by atoms with Crippen molar-refractivity contribution in [3.8, 4) is 56.3 Å². The topological polar surface area (TPSA) is 50.7 Å². The number of nitrogens with one attached hydrogen (secondary N) is 1. The molecule has 4 nitrogen and oxygen atoms in total. The van der Waals surface area contributed by atoms with Gasteiger partial charge in [0.15, 0.2) is 5.82 Å². The second-order valence-electron chi connectivity index (χ2n) is 15.1. The van der Waals surface area contributed by atoms with Gasteiger partial charge < -0.3 is 5.32 Å². The summed E-state index contributed by atoms with van der Waals surface area (Å²) >= 11 is 0. The van der Waals surface area contributed by atoms with Crippen LogP contribution in [0.15, 0.2) is 194 Å². The molecular formula is C53H40N4. The first-order chi connectivity index (χ1) is 28.1. The highest BCUT2D eigenvalue weighted by Crippen LogP contribution is 2.41. The van der Waals surface area contributed by atoms with Crippen molar-refractivity contribution in [1.29, 1.82) is 0 Å². The number of allylic oxidation sites excluding steroid dienone is 3. The normalized spacial score (nSPS) is 17.0. The molecule has 2 aromatic heterocycles. The van der Waals surface area contributed by atoms with Crippen LogP contribution in [0.2, 0.25) is 0 Å². The first-order valence-electron chi connectivity index (χ1n) is 19.6.